The number of nitrogens with zero attached hydrogens (tertiary/aromatic N) is 3. The lowest BCUT2D eigenvalue weighted by Gasteiger charge is -2.14. The van der Waals surface area contributed by atoms with Crippen LogP contribution >= 0.6 is 0 Å². The second-order valence-corrected chi connectivity index (χ2v) is 16.3. The minimum absolute atomic E-state index is 0.616. The number of hydrogen-bond donors (Lipinski definition) is 0. The number of hydrogen-bond acceptors (Lipinski definition) is 4. The molecule has 4 heteroatoms. The number of fused-ring (bicyclic) bond motifs is 4. The fraction of sp³-hybridized carbons (Fsp3) is 0. The van der Waals surface area contributed by atoms with Gasteiger partial charge in [0.25, 0.3) is 0 Å². The van der Waals surface area contributed by atoms with Gasteiger partial charge in [-0.2, -0.15) is 0 Å². The van der Waals surface area contributed by atoms with Crippen molar-refractivity contribution in [3.63, 3.8) is 0 Å². The van der Waals surface area contributed by atoms with Gasteiger partial charge in [0, 0.05) is 33.0 Å². The van der Waals surface area contributed by atoms with E-state index < -0.39 is 0 Å². The highest BCUT2D eigenvalue weighted by molar-refractivity contribution is 6.13. The van der Waals surface area contributed by atoms with Gasteiger partial charge in [-0.1, -0.05) is 224 Å². The molecular weight excluding hydrogens is 791 g/mol. The van der Waals surface area contributed by atoms with Crippen LogP contribution in [0.4, 0.5) is 0 Å². The Labute approximate surface area is 376 Å². The largest absolute Gasteiger partial charge is 0.455 e. The molecule has 0 saturated carbocycles. The van der Waals surface area contributed by atoms with E-state index in [9.17, 15) is 0 Å². The Morgan fingerprint density at radius 3 is 1.38 bits per heavy atom. The van der Waals surface area contributed by atoms with Crippen LogP contribution in [0.3, 0.4) is 0 Å². The maximum Gasteiger partial charge on any atom is 0.164 e. The van der Waals surface area contributed by atoms with Crippen LogP contribution in [0, 0.1) is 0 Å². The van der Waals surface area contributed by atoms with Crippen LogP contribution in [0.25, 0.3) is 123 Å². The first-order chi connectivity index (χ1) is 32.2. The van der Waals surface area contributed by atoms with Gasteiger partial charge in [0.1, 0.15) is 11.2 Å². The predicted octanol–water partition coefficient (Wildman–Crippen LogP) is 16.3. The van der Waals surface area contributed by atoms with Crippen molar-refractivity contribution >= 4 is 32.7 Å². The fourth-order valence-electron chi connectivity index (χ4n) is 9.17. The van der Waals surface area contributed by atoms with Crippen LogP contribution in [-0.2, 0) is 0 Å². The summed E-state index contributed by atoms with van der Waals surface area (Å²) in [5.74, 6) is 1.86. The van der Waals surface area contributed by atoms with E-state index in [1.54, 1.807) is 0 Å². The monoisotopic (exact) mass is 829 g/mol. The molecule has 304 valence electrons. The summed E-state index contributed by atoms with van der Waals surface area (Å²) in [6.45, 7) is 0. The molecule has 0 fully saturated rings. The van der Waals surface area contributed by atoms with E-state index in [2.05, 4.69) is 206 Å². The second kappa shape index (κ2) is 16.2. The fourth-order valence-corrected chi connectivity index (χ4v) is 9.17. The average molecular weight is 830 g/mol. The molecule has 2 heterocycles. The molecule has 0 radical (unpaired) electrons. The Balaban J connectivity index is 0.910. The SMILES string of the molecule is c1ccc(-c2ccc(-c3nc(-c4ccc(-c5cccc(-c6ccc(-c7cccc8c7oc7ccccc78)c7ccccc67)c5)cc4)nc(-c4ccccc4-c4ccccc4)n3)cc2)cc1. The van der Waals surface area contributed by atoms with Gasteiger partial charge in [-0.05, 0) is 73.0 Å². The normalized spacial score (nSPS) is 11.4. The van der Waals surface area contributed by atoms with E-state index in [-0.39, 0.29) is 0 Å². The molecule has 65 heavy (non-hydrogen) atoms. The number of furan rings is 1. The third-order valence-corrected chi connectivity index (χ3v) is 12.4. The van der Waals surface area contributed by atoms with Crippen molar-refractivity contribution in [2.24, 2.45) is 0 Å². The first-order valence-electron chi connectivity index (χ1n) is 21.9. The minimum Gasteiger partial charge on any atom is -0.455 e. The summed E-state index contributed by atoms with van der Waals surface area (Å²) in [6, 6.07) is 82.9. The third-order valence-electron chi connectivity index (χ3n) is 12.4. The standard InChI is InChI=1S/C61H39N3O/c1-3-15-40(16-4-1)41-29-33-44(34-30-41)59-62-60(64-61(63-59)56-25-10-7-21-48(56)43-17-5-2-6-18-43)45-35-31-42(32-36-45)46-19-13-20-47(39-46)49-37-38-52(51-23-9-8-22-50(49)51)54-26-14-27-55-53-24-11-12-28-57(53)65-58(54)55/h1-39H. The van der Waals surface area contributed by atoms with Crippen molar-refractivity contribution in [3.05, 3.63) is 237 Å². The van der Waals surface area contributed by atoms with Gasteiger partial charge in [0.2, 0.25) is 0 Å². The maximum absolute atomic E-state index is 6.48. The van der Waals surface area contributed by atoms with Crippen molar-refractivity contribution in [1.82, 2.24) is 15.0 Å². The predicted molar refractivity (Wildman–Crippen MR) is 268 cm³/mol. The number of para-hydroxylation sites is 2. The van der Waals surface area contributed by atoms with Crippen molar-refractivity contribution in [2.75, 3.05) is 0 Å². The van der Waals surface area contributed by atoms with Gasteiger partial charge in [-0.15, -0.1) is 0 Å². The zero-order chi connectivity index (χ0) is 43.1. The molecule has 0 aliphatic carbocycles. The summed E-state index contributed by atoms with van der Waals surface area (Å²) < 4.78 is 6.48. The minimum atomic E-state index is 0.616. The molecule has 0 aliphatic heterocycles. The second-order valence-electron chi connectivity index (χ2n) is 16.3. The lowest BCUT2D eigenvalue weighted by molar-refractivity contribution is 0.670. The molecular formula is C61H39N3O. The lowest BCUT2D eigenvalue weighted by atomic mass is 9.90. The molecule has 0 N–H and O–H groups in total. The molecule has 0 atom stereocenters. The Morgan fingerprint density at radius 2 is 0.677 bits per heavy atom. The van der Waals surface area contributed by atoms with E-state index in [1.165, 1.54) is 16.3 Å². The molecule has 4 nitrogen and oxygen atoms in total. The molecule has 2 aromatic heterocycles. The van der Waals surface area contributed by atoms with Gasteiger partial charge < -0.3 is 4.42 Å². The van der Waals surface area contributed by atoms with E-state index >= 15 is 0 Å². The topological polar surface area (TPSA) is 51.8 Å². The highest BCUT2D eigenvalue weighted by Gasteiger charge is 2.18. The highest BCUT2D eigenvalue weighted by atomic mass is 16.3. The Morgan fingerprint density at radius 1 is 0.231 bits per heavy atom. The van der Waals surface area contributed by atoms with Gasteiger partial charge in [0.15, 0.2) is 17.5 Å². The summed E-state index contributed by atoms with van der Waals surface area (Å²) >= 11 is 0. The average Bonchev–Trinajstić information content (AvgIpc) is 3.78. The van der Waals surface area contributed by atoms with E-state index in [4.69, 9.17) is 19.4 Å². The van der Waals surface area contributed by atoms with Crippen LogP contribution in [0.1, 0.15) is 0 Å². The first-order valence-corrected chi connectivity index (χ1v) is 21.9. The summed E-state index contributed by atoms with van der Waals surface area (Å²) in [7, 11) is 0. The van der Waals surface area contributed by atoms with Crippen LogP contribution < -0.4 is 0 Å². The molecule has 0 amide bonds. The summed E-state index contributed by atoms with van der Waals surface area (Å²) in [5.41, 5.74) is 15.9. The molecule has 0 aliphatic rings. The van der Waals surface area contributed by atoms with Gasteiger partial charge in [-0.3, -0.25) is 0 Å². The summed E-state index contributed by atoms with van der Waals surface area (Å²) in [6.07, 6.45) is 0. The van der Waals surface area contributed by atoms with Crippen LogP contribution in [0.15, 0.2) is 241 Å². The molecule has 10 aromatic carbocycles. The zero-order valence-corrected chi connectivity index (χ0v) is 35.3. The smallest absolute Gasteiger partial charge is 0.164 e. The molecule has 0 spiro atoms. The first kappa shape index (κ1) is 38.0. The molecule has 0 unspecified atom stereocenters. The molecule has 0 bridgehead atoms. The van der Waals surface area contributed by atoms with Gasteiger partial charge in [-0.25, -0.2) is 15.0 Å². The van der Waals surface area contributed by atoms with Gasteiger partial charge in [0.05, 0.1) is 0 Å². The van der Waals surface area contributed by atoms with Crippen molar-refractivity contribution in [1.29, 1.82) is 0 Å². The van der Waals surface area contributed by atoms with Crippen LogP contribution in [0.5, 0.6) is 0 Å². The summed E-state index contributed by atoms with van der Waals surface area (Å²) in [5, 5.41) is 4.63. The third kappa shape index (κ3) is 7.04. The molecule has 0 saturated heterocycles. The van der Waals surface area contributed by atoms with Crippen LogP contribution in [-0.4, -0.2) is 15.0 Å². The molecule has 12 aromatic rings. The number of rotatable bonds is 8. The molecule has 12 rings (SSSR count). The number of benzene rings is 10. The number of aromatic nitrogens is 3. The van der Waals surface area contributed by atoms with Gasteiger partial charge >= 0.3 is 0 Å². The lowest BCUT2D eigenvalue weighted by Crippen LogP contribution is -2.01. The Kier molecular flexibility index (Phi) is 9.46. The summed E-state index contributed by atoms with van der Waals surface area (Å²) in [4.78, 5) is 15.4. The van der Waals surface area contributed by atoms with Crippen molar-refractivity contribution in [2.45, 2.75) is 0 Å². The Hall–Kier alpha value is -8.73. The van der Waals surface area contributed by atoms with E-state index in [0.717, 1.165) is 88.7 Å². The van der Waals surface area contributed by atoms with E-state index in [1.807, 2.05) is 30.3 Å². The van der Waals surface area contributed by atoms with Crippen molar-refractivity contribution in [3.8, 4) is 89.8 Å². The quantitative estimate of drug-likeness (QED) is 0.153. The Bertz CT molecular complexity index is 3690. The van der Waals surface area contributed by atoms with Crippen molar-refractivity contribution < 1.29 is 4.42 Å². The maximum atomic E-state index is 6.48. The zero-order valence-electron chi connectivity index (χ0n) is 35.3. The van der Waals surface area contributed by atoms with Crippen LogP contribution in [0.2, 0.25) is 0 Å². The van der Waals surface area contributed by atoms with E-state index in [0.29, 0.717) is 17.5 Å². The highest BCUT2D eigenvalue weighted by Crippen LogP contribution is 2.42.